The van der Waals surface area contributed by atoms with Gasteiger partial charge in [0.15, 0.2) is 0 Å². The molecule has 0 bridgehead atoms. The quantitative estimate of drug-likeness (QED) is 0.780. The van der Waals surface area contributed by atoms with E-state index in [9.17, 15) is 13.2 Å². The number of hydrogen-bond donors (Lipinski definition) is 1. The molecule has 0 saturated carbocycles. The molecule has 1 N–H and O–H groups in total. The first-order valence-electron chi connectivity index (χ1n) is 5.98. The maximum absolute atomic E-state index is 12.2. The highest BCUT2D eigenvalue weighted by Crippen LogP contribution is 2.23. The second-order valence-corrected chi connectivity index (χ2v) is 7.55. The molecule has 7 heteroatoms. The lowest BCUT2D eigenvalue weighted by Gasteiger charge is -2.37. The molecule has 1 atom stereocenters. The van der Waals surface area contributed by atoms with Gasteiger partial charge in [-0.3, -0.25) is 4.79 Å². The number of amides is 1. The summed E-state index contributed by atoms with van der Waals surface area (Å²) < 4.78 is 24.9. The van der Waals surface area contributed by atoms with Gasteiger partial charge in [-0.25, -0.2) is 13.1 Å². The smallest absolute Gasteiger partial charge is 0.229 e. The number of nitrogens with one attached hydrogen (secondary N) is 1. The Kier molecular flexibility index (Phi) is 5.03. The molecule has 18 heavy (non-hydrogen) atoms. The lowest BCUT2D eigenvalue weighted by Crippen LogP contribution is -2.52. The van der Waals surface area contributed by atoms with Crippen LogP contribution in [-0.2, 0) is 14.8 Å². The van der Waals surface area contributed by atoms with E-state index in [-0.39, 0.29) is 17.8 Å². The number of alkyl halides is 1. The van der Waals surface area contributed by atoms with Gasteiger partial charge in [-0.2, -0.15) is 0 Å². The van der Waals surface area contributed by atoms with E-state index in [1.165, 1.54) is 0 Å². The Labute approximate surface area is 114 Å². The van der Waals surface area contributed by atoms with Crippen LogP contribution in [0.15, 0.2) is 0 Å². The van der Waals surface area contributed by atoms with E-state index in [0.717, 1.165) is 19.1 Å². The molecule has 0 aromatic rings. The second-order valence-electron chi connectivity index (χ2n) is 5.50. The van der Waals surface area contributed by atoms with Crippen LogP contribution in [0, 0.1) is 5.41 Å². The molecule has 1 rings (SSSR count). The van der Waals surface area contributed by atoms with E-state index < -0.39 is 15.4 Å². The van der Waals surface area contributed by atoms with Gasteiger partial charge in [0.2, 0.25) is 15.9 Å². The summed E-state index contributed by atoms with van der Waals surface area (Å²) in [6.07, 6.45) is 2.70. The van der Waals surface area contributed by atoms with Gasteiger partial charge in [0.25, 0.3) is 0 Å². The van der Waals surface area contributed by atoms with Crippen LogP contribution in [0.3, 0.4) is 0 Å². The minimum absolute atomic E-state index is 0.0162. The minimum Gasteiger partial charge on any atom is -0.341 e. The summed E-state index contributed by atoms with van der Waals surface area (Å²) in [6, 6.07) is -0.191. The van der Waals surface area contributed by atoms with Crippen LogP contribution in [-0.4, -0.2) is 50.5 Å². The van der Waals surface area contributed by atoms with Crippen molar-refractivity contribution in [3.63, 3.8) is 0 Å². The third-order valence-electron chi connectivity index (χ3n) is 3.00. The lowest BCUT2D eigenvalue weighted by molar-refractivity contribution is -0.140. The van der Waals surface area contributed by atoms with Crippen molar-refractivity contribution in [2.75, 3.05) is 25.2 Å². The van der Waals surface area contributed by atoms with Crippen LogP contribution in [0.1, 0.15) is 26.7 Å². The van der Waals surface area contributed by atoms with Gasteiger partial charge in [-0.15, -0.1) is 11.6 Å². The maximum atomic E-state index is 12.2. The number of carbonyl (C=O) groups is 1. The monoisotopic (exact) mass is 296 g/mol. The summed E-state index contributed by atoms with van der Waals surface area (Å²) in [5.74, 6) is 0.240. The van der Waals surface area contributed by atoms with Crippen molar-refractivity contribution in [3.8, 4) is 0 Å². The Hall–Kier alpha value is -0.330. The summed E-state index contributed by atoms with van der Waals surface area (Å²) in [5, 5.41) is 0. The zero-order valence-electron chi connectivity index (χ0n) is 11.1. The lowest BCUT2D eigenvalue weighted by atomic mass is 9.92. The van der Waals surface area contributed by atoms with Crippen LogP contribution in [0.4, 0.5) is 0 Å². The number of rotatable bonds is 4. The van der Waals surface area contributed by atoms with Gasteiger partial charge in [-0.1, -0.05) is 0 Å². The number of sulfonamides is 1. The molecule has 0 spiro atoms. The van der Waals surface area contributed by atoms with Crippen LogP contribution in [0.25, 0.3) is 0 Å². The molecular weight excluding hydrogens is 276 g/mol. The van der Waals surface area contributed by atoms with Crippen LogP contribution < -0.4 is 4.72 Å². The molecule has 0 aliphatic carbocycles. The Bertz CT molecular complexity index is 409. The molecule has 1 aliphatic rings. The molecule has 5 nitrogen and oxygen atoms in total. The van der Waals surface area contributed by atoms with Crippen LogP contribution in [0.2, 0.25) is 0 Å². The third-order valence-corrected chi connectivity index (χ3v) is 4.43. The van der Waals surface area contributed by atoms with Crippen molar-refractivity contribution in [2.24, 2.45) is 5.41 Å². The predicted molar refractivity (Wildman–Crippen MR) is 72.1 cm³/mol. The average Bonchev–Trinajstić information content (AvgIpc) is 2.26. The molecule has 1 unspecified atom stereocenters. The van der Waals surface area contributed by atoms with E-state index in [1.54, 1.807) is 18.7 Å². The van der Waals surface area contributed by atoms with Crippen molar-refractivity contribution in [2.45, 2.75) is 32.7 Å². The molecule has 1 heterocycles. The number of halogens is 1. The van der Waals surface area contributed by atoms with Crippen LogP contribution >= 0.6 is 11.6 Å². The highest BCUT2D eigenvalue weighted by molar-refractivity contribution is 7.88. The van der Waals surface area contributed by atoms with Crippen molar-refractivity contribution in [1.82, 2.24) is 9.62 Å². The van der Waals surface area contributed by atoms with Gasteiger partial charge in [0.05, 0.1) is 11.7 Å². The van der Waals surface area contributed by atoms with Crippen molar-refractivity contribution in [1.29, 1.82) is 0 Å². The fraction of sp³-hybridized carbons (Fsp3) is 0.909. The summed E-state index contributed by atoms with van der Waals surface area (Å²) in [6.45, 7) is 4.69. The van der Waals surface area contributed by atoms with E-state index in [2.05, 4.69) is 4.72 Å². The Morgan fingerprint density at radius 2 is 2.11 bits per heavy atom. The van der Waals surface area contributed by atoms with Crippen LogP contribution in [0.5, 0.6) is 0 Å². The number of hydrogen-bond acceptors (Lipinski definition) is 3. The predicted octanol–water partition coefficient (Wildman–Crippen LogP) is 0.792. The van der Waals surface area contributed by atoms with E-state index in [0.29, 0.717) is 13.1 Å². The van der Waals surface area contributed by atoms with Gasteiger partial charge in [0.1, 0.15) is 0 Å². The number of likely N-dealkylation sites (tertiary alicyclic amines) is 1. The SMILES string of the molecule is CC(C)(CCl)C(=O)N1CCCC(NS(C)(=O)=O)C1. The zero-order valence-corrected chi connectivity index (χ0v) is 12.6. The molecule has 1 fully saturated rings. The molecule has 0 radical (unpaired) electrons. The normalized spacial score (nSPS) is 22.0. The topological polar surface area (TPSA) is 66.5 Å². The third kappa shape index (κ3) is 4.40. The van der Waals surface area contributed by atoms with E-state index in [4.69, 9.17) is 11.6 Å². The highest BCUT2D eigenvalue weighted by atomic mass is 35.5. The fourth-order valence-electron chi connectivity index (χ4n) is 2.05. The number of nitrogens with zero attached hydrogens (tertiary/aromatic N) is 1. The van der Waals surface area contributed by atoms with E-state index in [1.807, 2.05) is 0 Å². The standard InChI is InChI=1S/C11H21ClN2O3S/c1-11(2,8-12)10(15)14-6-4-5-9(7-14)13-18(3,16)17/h9,13H,4-8H2,1-3H3. The molecule has 1 aliphatic heterocycles. The molecular formula is C11H21ClN2O3S. The maximum Gasteiger partial charge on any atom is 0.229 e. The Morgan fingerprint density at radius 3 is 2.61 bits per heavy atom. The molecule has 1 saturated heterocycles. The summed E-state index contributed by atoms with van der Waals surface area (Å²) in [4.78, 5) is 13.9. The number of piperidine rings is 1. The summed E-state index contributed by atoms with van der Waals surface area (Å²) in [5.41, 5.74) is -0.603. The summed E-state index contributed by atoms with van der Waals surface area (Å²) in [7, 11) is -3.23. The van der Waals surface area contributed by atoms with Gasteiger partial charge >= 0.3 is 0 Å². The average molecular weight is 297 g/mol. The largest absolute Gasteiger partial charge is 0.341 e. The molecule has 1 amide bonds. The Morgan fingerprint density at radius 1 is 1.50 bits per heavy atom. The first kappa shape index (κ1) is 15.7. The zero-order chi connectivity index (χ0) is 14.0. The minimum atomic E-state index is -3.23. The van der Waals surface area contributed by atoms with Gasteiger partial charge in [-0.05, 0) is 26.7 Å². The second kappa shape index (κ2) is 5.75. The van der Waals surface area contributed by atoms with Crippen molar-refractivity contribution < 1.29 is 13.2 Å². The fourth-order valence-corrected chi connectivity index (χ4v) is 2.96. The molecule has 0 aromatic heterocycles. The molecule has 106 valence electrons. The summed E-state index contributed by atoms with van der Waals surface area (Å²) >= 11 is 5.79. The molecule has 0 aromatic carbocycles. The first-order valence-corrected chi connectivity index (χ1v) is 8.41. The van der Waals surface area contributed by atoms with Crippen molar-refractivity contribution >= 4 is 27.5 Å². The first-order chi connectivity index (χ1) is 8.15. The number of carbonyl (C=O) groups excluding carboxylic acids is 1. The Balaban J connectivity index is 2.67. The van der Waals surface area contributed by atoms with Gasteiger partial charge < -0.3 is 4.90 Å². The van der Waals surface area contributed by atoms with E-state index >= 15 is 0 Å². The highest BCUT2D eigenvalue weighted by Gasteiger charge is 2.34. The van der Waals surface area contributed by atoms with Crippen molar-refractivity contribution in [3.05, 3.63) is 0 Å². The van der Waals surface area contributed by atoms with Gasteiger partial charge in [0, 0.05) is 25.0 Å².